The second-order valence-corrected chi connectivity index (χ2v) is 9.21. The van der Waals surface area contributed by atoms with Crippen LogP contribution in [0, 0.1) is 11.3 Å². The van der Waals surface area contributed by atoms with Crippen molar-refractivity contribution in [2.75, 3.05) is 25.0 Å². The van der Waals surface area contributed by atoms with Crippen LogP contribution >= 0.6 is 0 Å². The number of hydrogen-bond donors (Lipinski definition) is 2. The molecule has 9 heteroatoms. The highest BCUT2D eigenvalue weighted by Gasteiger charge is 2.26. The van der Waals surface area contributed by atoms with Gasteiger partial charge in [0.1, 0.15) is 11.6 Å². The van der Waals surface area contributed by atoms with Crippen LogP contribution < -0.4 is 10.1 Å². The van der Waals surface area contributed by atoms with Gasteiger partial charge in [-0.15, -0.1) is 0 Å². The second-order valence-electron chi connectivity index (χ2n) is 7.28. The van der Waals surface area contributed by atoms with Crippen LogP contribution in [0.5, 0.6) is 11.5 Å². The summed E-state index contributed by atoms with van der Waals surface area (Å²) in [7, 11) is -3.64. The SMILES string of the molecule is CCOc1cc(C=C(C#N)C(=O)Nc2cccc(S(=O)(=O)N3CCCCC3)c2)ccc1O. The first-order valence-electron chi connectivity index (χ1n) is 10.3. The Kier molecular flexibility index (Phi) is 7.51. The Balaban J connectivity index is 1.80. The lowest BCUT2D eigenvalue weighted by Crippen LogP contribution is -2.35. The summed E-state index contributed by atoms with van der Waals surface area (Å²) in [6, 6.07) is 12.3. The van der Waals surface area contributed by atoms with Gasteiger partial charge in [-0.05, 0) is 61.7 Å². The predicted molar refractivity (Wildman–Crippen MR) is 121 cm³/mol. The third-order valence-electron chi connectivity index (χ3n) is 5.00. The summed E-state index contributed by atoms with van der Waals surface area (Å²) in [4.78, 5) is 12.7. The van der Waals surface area contributed by atoms with E-state index in [1.807, 2.05) is 6.07 Å². The number of carbonyl (C=O) groups excluding carboxylic acids is 1. The molecule has 1 saturated heterocycles. The molecule has 1 fully saturated rings. The summed E-state index contributed by atoms with van der Waals surface area (Å²) in [5, 5.41) is 21.8. The highest BCUT2D eigenvalue weighted by molar-refractivity contribution is 7.89. The Morgan fingerprint density at radius 2 is 1.97 bits per heavy atom. The molecule has 0 saturated carbocycles. The van der Waals surface area contributed by atoms with Gasteiger partial charge in [-0.25, -0.2) is 8.42 Å². The van der Waals surface area contributed by atoms with Gasteiger partial charge in [-0.1, -0.05) is 18.6 Å². The number of nitriles is 1. The van der Waals surface area contributed by atoms with Gasteiger partial charge in [-0.2, -0.15) is 9.57 Å². The fourth-order valence-electron chi connectivity index (χ4n) is 3.39. The average Bonchev–Trinajstić information content (AvgIpc) is 2.80. The summed E-state index contributed by atoms with van der Waals surface area (Å²) in [6.07, 6.45) is 4.03. The molecule has 0 bridgehead atoms. The Bertz CT molecular complexity index is 1160. The van der Waals surface area contributed by atoms with E-state index in [0.29, 0.717) is 25.3 Å². The second kappa shape index (κ2) is 10.3. The first-order chi connectivity index (χ1) is 15.3. The molecule has 3 rings (SSSR count). The van der Waals surface area contributed by atoms with Gasteiger partial charge < -0.3 is 15.2 Å². The summed E-state index contributed by atoms with van der Waals surface area (Å²) in [6.45, 7) is 3.09. The van der Waals surface area contributed by atoms with Crippen molar-refractivity contribution in [1.29, 1.82) is 5.26 Å². The lowest BCUT2D eigenvalue weighted by Gasteiger charge is -2.26. The van der Waals surface area contributed by atoms with E-state index in [4.69, 9.17) is 4.74 Å². The van der Waals surface area contributed by atoms with Crippen LogP contribution in [0.25, 0.3) is 6.08 Å². The number of benzene rings is 2. The number of phenols is 1. The van der Waals surface area contributed by atoms with Crippen LogP contribution in [0.3, 0.4) is 0 Å². The number of nitrogens with one attached hydrogen (secondary N) is 1. The standard InChI is InChI=1S/C23H25N3O5S/c1-2-31-22-14-17(9-10-21(22)27)13-18(16-24)23(28)25-19-7-6-8-20(15-19)32(29,30)26-11-4-3-5-12-26/h6-10,13-15,27H,2-5,11-12H2,1H3,(H,25,28). The predicted octanol–water partition coefficient (Wildman–Crippen LogP) is 3.51. The largest absolute Gasteiger partial charge is 0.504 e. The van der Waals surface area contributed by atoms with E-state index < -0.39 is 15.9 Å². The first kappa shape index (κ1) is 23.3. The lowest BCUT2D eigenvalue weighted by molar-refractivity contribution is -0.112. The number of rotatable bonds is 7. The zero-order valence-corrected chi connectivity index (χ0v) is 18.6. The number of sulfonamides is 1. The molecule has 8 nitrogen and oxygen atoms in total. The maximum atomic E-state index is 12.9. The van der Waals surface area contributed by atoms with E-state index in [1.54, 1.807) is 25.1 Å². The van der Waals surface area contributed by atoms with E-state index in [0.717, 1.165) is 19.3 Å². The van der Waals surface area contributed by atoms with Crippen molar-refractivity contribution in [3.63, 3.8) is 0 Å². The summed E-state index contributed by atoms with van der Waals surface area (Å²) >= 11 is 0. The summed E-state index contributed by atoms with van der Waals surface area (Å²) in [5.74, 6) is -0.473. The van der Waals surface area contributed by atoms with Crippen LogP contribution in [0.15, 0.2) is 52.9 Å². The highest BCUT2D eigenvalue weighted by Crippen LogP contribution is 2.28. The van der Waals surface area contributed by atoms with Gasteiger partial charge in [0.05, 0.1) is 11.5 Å². The minimum Gasteiger partial charge on any atom is -0.504 e. The zero-order chi connectivity index (χ0) is 23.1. The van der Waals surface area contributed by atoms with Crippen molar-refractivity contribution < 1.29 is 23.1 Å². The quantitative estimate of drug-likeness (QED) is 0.487. The fourth-order valence-corrected chi connectivity index (χ4v) is 4.96. The molecule has 32 heavy (non-hydrogen) atoms. The van der Waals surface area contributed by atoms with Crippen molar-refractivity contribution in [2.24, 2.45) is 0 Å². The Labute approximate surface area is 187 Å². The van der Waals surface area contributed by atoms with Crippen LogP contribution in [-0.4, -0.2) is 43.4 Å². The fraction of sp³-hybridized carbons (Fsp3) is 0.304. The summed E-state index contributed by atoms with van der Waals surface area (Å²) in [5.41, 5.74) is 0.594. The molecule has 2 aromatic rings. The molecule has 1 aliphatic rings. The van der Waals surface area contributed by atoms with Gasteiger partial charge in [0.2, 0.25) is 10.0 Å². The number of anilines is 1. The molecule has 2 aromatic carbocycles. The van der Waals surface area contributed by atoms with E-state index >= 15 is 0 Å². The number of aromatic hydroxyl groups is 1. The van der Waals surface area contributed by atoms with Crippen LogP contribution in [0.1, 0.15) is 31.7 Å². The topological polar surface area (TPSA) is 120 Å². The number of phenolic OH excluding ortho intramolecular Hbond substituents is 1. The van der Waals surface area contributed by atoms with Gasteiger partial charge in [0, 0.05) is 18.8 Å². The van der Waals surface area contributed by atoms with E-state index in [2.05, 4.69) is 5.32 Å². The van der Waals surface area contributed by atoms with Gasteiger partial charge in [0.15, 0.2) is 11.5 Å². The van der Waals surface area contributed by atoms with Gasteiger partial charge in [0.25, 0.3) is 5.91 Å². The first-order valence-corrected chi connectivity index (χ1v) is 11.8. The molecule has 1 amide bonds. The van der Waals surface area contributed by atoms with E-state index in [9.17, 15) is 23.6 Å². The zero-order valence-electron chi connectivity index (χ0n) is 17.7. The molecule has 1 aliphatic heterocycles. The molecule has 1 heterocycles. The molecular weight excluding hydrogens is 430 g/mol. The maximum absolute atomic E-state index is 12.9. The van der Waals surface area contributed by atoms with Crippen molar-refractivity contribution in [1.82, 2.24) is 4.31 Å². The minimum atomic E-state index is -3.64. The number of carbonyl (C=O) groups is 1. The van der Waals surface area contributed by atoms with Crippen molar-refractivity contribution in [2.45, 2.75) is 31.1 Å². The van der Waals surface area contributed by atoms with Crippen molar-refractivity contribution in [3.05, 3.63) is 53.6 Å². The van der Waals surface area contributed by atoms with Crippen LogP contribution in [-0.2, 0) is 14.8 Å². The smallest absolute Gasteiger partial charge is 0.266 e. The average molecular weight is 456 g/mol. The molecule has 0 atom stereocenters. The van der Waals surface area contributed by atoms with Crippen LogP contribution in [0.2, 0.25) is 0 Å². The molecule has 0 aromatic heterocycles. The summed E-state index contributed by atoms with van der Waals surface area (Å²) < 4.78 is 32.5. The number of ether oxygens (including phenoxy) is 1. The van der Waals surface area contributed by atoms with Crippen molar-refractivity contribution in [3.8, 4) is 17.6 Å². The highest BCUT2D eigenvalue weighted by atomic mass is 32.2. The number of hydrogen-bond acceptors (Lipinski definition) is 6. The number of piperidine rings is 1. The number of nitrogens with zero attached hydrogens (tertiary/aromatic N) is 2. The third-order valence-corrected chi connectivity index (χ3v) is 6.90. The van der Waals surface area contributed by atoms with Crippen molar-refractivity contribution >= 4 is 27.7 Å². The van der Waals surface area contributed by atoms with Gasteiger partial charge in [-0.3, -0.25) is 4.79 Å². The van der Waals surface area contributed by atoms with E-state index in [1.165, 1.54) is 34.6 Å². The minimum absolute atomic E-state index is 0.0429. The monoisotopic (exact) mass is 455 g/mol. The van der Waals surface area contributed by atoms with Crippen LogP contribution in [0.4, 0.5) is 5.69 Å². The molecule has 0 spiro atoms. The third kappa shape index (κ3) is 5.46. The van der Waals surface area contributed by atoms with Gasteiger partial charge >= 0.3 is 0 Å². The Morgan fingerprint density at radius 3 is 2.66 bits per heavy atom. The molecular formula is C23H25N3O5S. The maximum Gasteiger partial charge on any atom is 0.266 e. The lowest BCUT2D eigenvalue weighted by atomic mass is 10.1. The Morgan fingerprint density at radius 1 is 1.22 bits per heavy atom. The molecule has 0 radical (unpaired) electrons. The van der Waals surface area contributed by atoms with E-state index in [-0.39, 0.29) is 27.7 Å². The Hall–Kier alpha value is -3.35. The molecule has 2 N–H and O–H groups in total. The molecule has 168 valence electrons. The molecule has 0 aliphatic carbocycles. The normalized spacial score (nSPS) is 15.1. The molecule has 0 unspecified atom stereocenters. The number of amides is 1.